The summed E-state index contributed by atoms with van der Waals surface area (Å²) >= 11 is 7.90. The Labute approximate surface area is 511 Å². The van der Waals surface area contributed by atoms with Crippen LogP contribution in [0.3, 0.4) is 0 Å². The lowest BCUT2D eigenvalue weighted by Crippen LogP contribution is -2.39. The average molecular weight is 1220 g/mol. The van der Waals surface area contributed by atoms with Crippen molar-refractivity contribution in [1.82, 2.24) is 41.0 Å². The van der Waals surface area contributed by atoms with E-state index in [1.807, 2.05) is 84.3 Å². The number of carbonyl (C=O) groups excluding carboxylic acids is 4. The number of ether oxygens (including phenoxy) is 7. The van der Waals surface area contributed by atoms with Crippen molar-refractivity contribution in [3.63, 3.8) is 0 Å². The summed E-state index contributed by atoms with van der Waals surface area (Å²) in [5.74, 6) is 0.689. The van der Waals surface area contributed by atoms with E-state index in [-0.39, 0.29) is 55.9 Å². The minimum atomic E-state index is -0.557. The van der Waals surface area contributed by atoms with Crippen LogP contribution >= 0.6 is 22.9 Å². The quantitative estimate of drug-likeness (QED) is 0.0229. The molecule has 2 aliphatic heterocycles. The molecule has 1 atom stereocenters. The van der Waals surface area contributed by atoms with Crippen LogP contribution in [0, 0.1) is 20.8 Å². The molecule has 0 saturated carbocycles. The minimum Gasteiger partial charge on any atom is -0.379 e. The summed E-state index contributed by atoms with van der Waals surface area (Å²) in [6, 6.07) is 23.0. The van der Waals surface area contributed by atoms with Crippen LogP contribution in [0.2, 0.25) is 5.02 Å². The number of carbonyl (C=O) groups is 4. The van der Waals surface area contributed by atoms with E-state index in [0.29, 0.717) is 123 Å². The van der Waals surface area contributed by atoms with Gasteiger partial charge in [0.1, 0.15) is 23.4 Å². The molecule has 6 aromatic rings. The summed E-state index contributed by atoms with van der Waals surface area (Å²) < 4.78 is 43.2. The molecule has 4 N–H and O–H groups in total. The van der Waals surface area contributed by atoms with Crippen molar-refractivity contribution in [2.24, 2.45) is 4.99 Å². The maximum absolute atomic E-state index is 13.9. The van der Waals surface area contributed by atoms with Crippen molar-refractivity contribution in [1.29, 1.82) is 0 Å². The van der Waals surface area contributed by atoms with Crippen LogP contribution in [0.25, 0.3) is 27.5 Å². The normalized spacial score (nSPS) is 13.3. The highest BCUT2D eigenvalue weighted by molar-refractivity contribution is 7.15. The lowest BCUT2D eigenvalue weighted by molar-refractivity contribution is -0.744. The van der Waals surface area contributed by atoms with Gasteiger partial charge in [0.15, 0.2) is 5.82 Å². The van der Waals surface area contributed by atoms with Crippen LogP contribution in [0.15, 0.2) is 77.8 Å². The standard InChI is InChI=1S/C62H80ClN11O11S/c1-5-6-11-26-73-60-50-14-9-10-15-52(50)72(42-47-12-7-8-13-49(47)59(60)69-71-73)56(78)21-20-53(75)64-23-28-80-33-38-85-40-39-83-35-31-79-27-22-54(76)65-24-29-81-32-36-84-37-34-82-30-25-66-55(77)41-51-61-70-68-45(4)74(61)62-57(43(2)44(3)86-62)58(67-51)46-16-18-48(63)19-17-46/h7-10,12-19,51H,5-6,11,20-42H2,1-4H3,(H3,64,65,66,75,76,77)/p+1/t51-/m0/s1. The van der Waals surface area contributed by atoms with E-state index in [9.17, 15) is 19.2 Å². The van der Waals surface area contributed by atoms with Crippen LogP contribution in [0.5, 0.6) is 0 Å². The van der Waals surface area contributed by atoms with Gasteiger partial charge >= 0.3 is 0 Å². The Morgan fingerprint density at radius 1 is 0.663 bits per heavy atom. The number of para-hydroxylation sites is 1. The molecule has 0 unspecified atom stereocenters. The smallest absolute Gasteiger partial charge is 0.257 e. The number of nitrogens with zero attached hydrogens (tertiary/aromatic N) is 7. The number of H-pyrrole nitrogens is 1. The number of anilines is 1. The number of unbranched alkanes of at least 4 members (excludes halogenated alkanes) is 2. The molecule has 8 rings (SSSR count). The Balaban J connectivity index is 0.574. The number of aliphatic imine (C=N–C) groups is 1. The van der Waals surface area contributed by atoms with E-state index in [0.717, 1.165) is 92.8 Å². The topological polar surface area (TPSA) is 248 Å². The van der Waals surface area contributed by atoms with Crippen molar-refractivity contribution in [2.45, 2.75) is 91.8 Å². The molecular weight excluding hydrogens is 1140 g/mol. The van der Waals surface area contributed by atoms with E-state index < -0.39 is 6.04 Å². The maximum atomic E-state index is 13.9. The minimum absolute atomic E-state index is 0.0549. The number of hydrogen-bond acceptors (Lipinski definition) is 16. The molecule has 3 aromatic carbocycles. The number of benzene rings is 3. The fraction of sp³-hybridized carbons (Fsp3) is 0.500. The zero-order valence-corrected chi connectivity index (χ0v) is 51.4. The van der Waals surface area contributed by atoms with Crippen molar-refractivity contribution < 1.29 is 57.0 Å². The highest BCUT2D eigenvalue weighted by Gasteiger charge is 2.35. The molecule has 0 spiro atoms. The second-order valence-electron chi connectivity index (χ2n) is 20.6. The highest BCUT2D eigenvalue weighted by Crippen LogP contribution is 2.41. The number of hydrogen-bond donors (Lipinski definition) is 4. The fourth-order valence-corrected chi connectivity index (χ4v) is 11.3. The van der Waals surface area contributed by atoms with E-state index in [1.54, 1.807) is 16.2 Å². The molecule has 24 heteroatoms. The predicted octanol–water partition coefficient (Wildman–Crippen LogP) is 6.91. The molecule has 22 nitrogen and oxygen atoms in total. The first kappa shape index (κ1) is 65.2. The van der Waals surface area contributed by atoms with Gasteiger partial charge in [-0.15, -0.1) is 21.5 Å². The molecule has 0 bridgehead atoms. The summed E-state index contributed by atoms with van der Waals surface area (Å²) in [5, 5.41) is 27.1. The van der Waals surface area contributed by atoms with Crippen molar-refractivity contribution >= 4 is 58.0 Å². The zero-order valence-electron chi connectivity index (χ0n) is 49.8. The summed E-state index contributed by atoms with van der Waals surface area (Å²) in [4.78, 5) is 60.3. The SMILES string of the molecule is CCCCC[n+]1[nH]nc2c1-c1ccccc1N(C(=O)CCC(=O)NCCOCCOCCOCCOCCC(=O)NCCOCCOCCOCCNC(=O)C[C@@H]1N=C(c3ccc(Cl)cc3)c3c(sc(C)c3C)-n3c(C)nnc31)Cc1ccccc1-2. The number of fused-ring (bicyclic) bond motifs is 8. The second-order valence-corrected chi connectivity index (χ2v) is 22.3. The predicted molar refractivity (Wildman–Crippen MR) is 327 cm³/mol. The van der Waals surface area contributed by atoms with Gasteiger partial charge in [0.2, 0.25) is 29.3 Å². The average Bonchev–Trinajstić information content (AvgIpc) is 1.89. The molecule has 4 amide bonds. The first-order chi connectivity index (χ1) is 42.0. The van der Waals surface area contributed by atoms with Crippen LogP contribution in [0.1, 0.15) is 96.7 Å². The number of halogens is 1. The Kier molecular flexibility index (Phi) is 26.2. The van der Waals surface area contributed by atoms with Crippen LogP contribution in [-0.2, 0) is 65.4 Å². The largest absolute Gasteiger partial charge is 0.379 e. The molecule has 86 heavy (non-hydrogen) atoms. The van der Waals surface area contributed by atoms with Gasteiger partial charge in [-0.05, 0) is 75.1 Å². The lowest BCUT2D eigenvalue weighted by atomic mass is 9.95. The first-order valence-electron chi connectivity index (χ1n) is 29.7. The third-order valence-electron chi connectivity index (χ3n) is 14.5. The number of thiophene rings is 1. The summed E-state index contributed by atoms with van der Waals surface area (Å²) in [6.45, 7) is 15.3. The molecule has 462 valence electrons. The van der Waals surface area contributed by atoms with E-state index in [2.05, 4.69) is 56.8 Å². The van der Waals surface area contributed by atoms with Gasteiger partial charge in [-0.1, -0.05) is 72.6 Å². The van der Waals surface area contributed by atoms with Gasteiger partial charge in [0, 0.05) is 70.6 Å². The number of aromatic amines is 1. The third-order valence-corrected chi connectivity index (χ3v) is 15.9. The molecular formula is C62H81ClN11O11S+. The number of aryl methyl sites for hydroxylation is 3. The van der Waals surface area contributed by atoms with Crippen LogP contribution in [0.4, 0.5) is 5.69 Å². The number of aromatic nitrogens is 6. The number of nitrogens with one attached hydrogen (secondary N) is 4. The van der Waals surface area contributed by atoms with E-state index in [4.69, 9.17) is 54.9 Å². The van der Waals surface area contributed by atoms with Gasteiger partial charge in [-0.2, -0.15) is 4.68 Å². The second kappa shape index (κ2) is 34.5. The van der Waals surface area contributed by atoms with Gasteiger partial charge in [-0.25, -0.2) is 0 Å². The summed E-state index contributed by atoms with van der Waals surface area (Å²) in [6.07, 6.45) is 3.63. The Hall–Kier alpha value is -6.80. The third kappa shape index (κ3) is 18.6. The maximum Gasteiger partial charge on any atom is 0.257 e. The Bertz CT molecular complexity index is 3190. The van der Waals surface area contributed by atoms with E-state index >= 15 is 0 Å². The molecule has 0 fully saturated rings. The molecule has 0 aliphatic carbocycles. The fourth-order valence-electron chi connectivity index (χ4n) is 9.93. The molecule has 3 aromatic heterocycles. The number of amides is 4. The molecule has 0 saturated heterocycles. The summed E-state index contributed by atoms with van der Waals surface area (Å²) in [7, 11) is 0. The van der Waals surface area contributed by atoms with Gasteiger partial charge in [0.05, 0.1) is 122 Å². The van der Waals surface area contributed by atoms with Crippen molar-refractivity contribution in [3.05, 3.63) is 117 Å². The highest BCUT2D eigenvalue weighted by atomic mass is 35.5. The number of rotatable bonds is 37. The van der Waals surface area contributed by atoms with Gasteiger partial charge in [-0.3, -0.25) is 28.7 Å². The van der Waals surface area contributed by atoms with Crippen molar-refractivity contribution in [2.75, 3.05) is 117 Å². The zero-order chi connectivity index (χ0) is 60.5. The van der Waals surface area contributed by atoms with Crippen LogP contribution < -0.4 is 25.5 Å². The molecule has 2 aliphatic rings. The van der Waals surface area contributed by atoms with Crippen molar-refractivity contribution in [3.8, 4) is 27.5 Å². The molecule has 5 heterocycles. The first-order valence-corrected chi connectivity index (χ1v) is 30.9. The lowest BCUT2D eigenvalue weighted by Gasteiger charge is -2.27. The molecule has 0 radical (unpaired) electrons. The monoisotopic (exact) mass is 1220 g/mol. The van der Waals surface area contributed by atoms with Gasteiger partial charge < -0.3 is 54.0 Å². The Morgan fingerprint density at radius 2 is 1.23 bits per heavy atom. The van der Waals surface area contributed by atoms with Crippen LogP contribution in [-0.4, -0.2) is 167 Å². The van der Waals surface area contributed by atoms with Gasteiger partial charge in [0.25, 0.3) is 5.69 Å². The Morgan fingerprint density at radius 3 is 1.87 bits per heavy atom. The summed E-state index contributed by atoms with van der Waals surface area (Å²) in [5.41, 5.74) is 9.33. The van der Waals surface area contributed by atoms with E-state index in [1.165, 1.54) is 4.88 Å².